The van der Waals surface area contributed by atoms with E-state index in [0.29, 0.717) is 28.1 Å². The number of nitrogens with zero attached hydrogens (tertiary/aromatic N) is 2. The number of methoxy groups -OCH3 is 1. The van der Waals surface area contributed by atoms with Crippen LogP contribution in [-0.4, -0.2) is 29.3 Å². The number of fused-ring (bicyclic) bond motifs is 1. The highest BCUT2D eigenvalue weighted by Crippen LogP contribution is 2.23. The van der Waals surface area contributed by atoms with Crippen molar-refractivity contribution < 1.29 is 18.7 Å². The highest BCUT2D eigenvalue weighted by Gasteiger charge is 2.17. The average Bonchev–Trinajstić information content (AvgIpc) is 3.01. The van der Waals surface area contributed by atoms with Crippen LogP contribution in [0.1, 0.15) is 17.5 Å². The van der Waals surface area contributed by atoms with Gasteiger partial charge in [-0.3, -0.25) is 10.1 Å². The number of amides is 1. The maximum absolute atomic E-state index is 12.3. The lowest BCUT2D eigenvalue weighted by Crippen LogP contribution is -2.30. The Hall–Kier alpha value is -2.78. The Morgan fingerprint density at radius 3 is 2.92 bits per heavy atom. The van der Waals surface area contributed by atoms with Crippen molar-refractivity contribution in [3.63, 3.8) is 0 Å². The van der Waals surface area contributed by atoms with Gasteiger partial charge in [-0.1, -0.05) is 11.3 Å². The van der Waals surface area contributed by atoms with Crippen LogP contribution in [0.3, 0.4) is 0 Å². The normalized spacial score (nSPS) is 12.1. The first-order valence-corrected chi connectivity index (χ1v) is 8.61. The predicted octanol–water partition coefficient (Wildman–Crippen LogP) is 2.51. The van der Waals surface area contributed by atoms with Crippen LogP contribution in [0.4, 0.5) is 5.13 Å². The minimum atomic E-state index is -0.779. The third kappa shape index (κ3) is 4.06. The molecule has 0 radical (unpaired) electrons. The van der Waals surface area contributed by atoms with Gasteiger partial charge in [0.2, 0.25) is 5.13 Å². The summed E-state index contributed by atoms with van der Waals surface area (Å²) in [4.78, 5) is 23.8. The molecule has 0 spiro atoms. The molecule has 0 aliphatic carbocycles. The van der Waals surface area contributed by atoms with Gasteiger partial charge in [-0.15, -0.1) is 10.2 Å². The van der Waals surface area contributed by atoms with Gasteiger partial charge in [0.1, 0.15) is 22.9 Å². The third-order valence-corrected chi connectivity index (χ3v) is 4.38. The highest BCUT2D eigenvalue weighted by molar-refractivity contribution is 7.15. The van der Waals surface area contributed by atoms with Gasteiger partial charge < -0.3 is 13.9 Å². The zero-order valence-corrected chi connectivity index (χ0v) is 15.3. The van der Waals surface area contributed by atoms with Gasteiger partial charge in [0, 0.05) is 24.6 Å². The Morgan fingerprint density at radius 1 is 1.35 bits per heavy atom. The van der Waals surface area contributed by atoms with E-state index >= 15 is 0 Å². The molecule has 1 aromatic carbocycles. The first-order valence-electron chi connectivity index (χ1n) is 7.79. The monoisotopic (exact) mass is 375 g/mol. The molecular weight excluding hydrogens is 358 g/mol. The van der Waals surface area contributed by atoms with Crippen molar-refractivity contribution in [2.75, 3.05) is 12.4 Å². The molecule has 0 aliphatic rings. The van der Waals surface area contributed by atoms with E-state index in [1.165, 1.54) is 17.4 Å². The predicted molar refractivity (Wildman–Crippen MR) is 96.6 cm³/mol. The molecule has 2 aromatic heterocycles. The Labute approximate surface area is 152 Å². The van der Waals surface area contributed by atoms with E-state index in [-0.39, 0.29) is 5.91 Å². The second-order valence-electron chi connectivity index (χ2n) is 5.59. The van der Waals surface area contributed by atoms with Gasteiger partial charge in [-0.2, -0.15) is 0 Å². The Kier molecular flexibility index (Phi) is 5.29. The van der Waals surface area contributed by atoms with Crippen LogP contribution in [0.15, 0.2) is 33.5 Å². The first kappa shape index (κ1) is 18.0. The minimum Gasteiger partial charge on any atom is -0.481 e. The number of anilines is 1. The van der Waals surface area contributed by atoms with Crippen molar-refractivity contribution in [3.8, 4) is 5.75 Å². The SMILES string of the molecule is COCc1nnc(NC(=O)C(C)Oc2ccc3c(C)cc(=O)oc3c2)s1. The van der Waals surface area contributed by atoms with E-state index in [0.717, 1.165) is 10.9 Å². The van der Waals surface area contributed by atoms with Gasteiger partial charge in [-0.05, 0) is 31.5 Å². The fourth-order valence-electron chi connectivity index (χ4n) is 2.33. The molecule has 1 atom stereocenters. The summed E-state index contributed by atoms with van der Waals surface area (Å²) in [5.74, 6) is 0.0575. The zero-order valence-electron chi connectivity index (χ0n) is 14.4. The Bertz CT molecular complexity index is 997. The van der Waals surface area contributed by atoms with Crippen molar-refractivity contribution in [1.29, 1.82) is 0 Å². The van der Waals surface area contributed by atoms with Crippen molar-refractivity contribution in [3.05, 3.63) is 45.3 Å². The van der Waals surface area contributed by atoms with Crippen LogP contribution >= 0.6 is 11.3 Å². The van der Waals surface area contributed by atoms with E-state index in [4.69, 9.17) is 13.9 Å². The standard InChI is InChI=1S/C17H17N3O5S/c1-9-6-15(21)25-13-7-11(4-5-12(9)13)24-10(2)16(22)18-17-20-19-14(26-17)8-23-3/h4-7,10H,8H2,1-3H3,(H,18,20,22). The molecule has 0 saturated heterocycles. The topological polar surface area (TPSA) is 104 Å². The number of aromatic nitrogens is 2. The fourth-order valence-corrected chi connectivity index (χ4v) is 3.04. The quantitative estimate of drug-likeness (QED) is 0.660. The van der Waals surface area contributed by atoms with Crippen molar-refractivity contribution in [2.24, 2.45) is 0 Å². The zero-order chi connectivity index (χ0) is 18.7. The summed E-state index contributed by atoms with van der Waals surface area (Å²) in [7, 11) is 1.56. The summed E-state index contributed by atoms with van der Waals surface area (Å²) in [6.45, 7) is 3.78. The van der Waals surface area contributed by atoms with Crippen molar-refractivity contribution in [1.82, 2.24) is 10.2 Å². The van der Waals surface area contributed by atoms with Gasteiger partial charge in [0.15, 0.2) is 6.10 Å². The molecule has 1 unspecified atom stereocenters. The number of hydrogen-bond acceptors (Lipinski definition) is 8. The lowest BCUT2D eigenvalue weighted by Gasteiger charge is -2.14. The molecule has 8 nitrogen and oxygen atoms in total. The maximum atomic E-state index is 12.3. The lowest BCUT2D eigenvalue weighted by atomic mass is 10.1. The van der Waals surface area contributed by atoms with Crippen LogP contribution in [0.5, 0.6) is 5.75 Å². The number of hydrogen-bond donors (Lipinski definition) is 1. The smallest absolute Gasteiger partial charge is 0.336 e. The summed E-state index contributed by atoms with van der Waals surface area (Å²) in [5.41, 5.74) is 0.797. The second-order valence-corrected chi connectivity index (χ2v) is 6.65. The molecule has 1 amide bonds. The molecule has 3 aromatic rings. The Balaban J connectivity index is 1.70. The van der Waals surface area contributed by atoms with Crippen molar-refractivity contribution >= 4 is 33.3 Å². The molecule has 136 valence electrons. The van der Waals surface area contributed by atoms with Crippen LogP contribution in [-0.2, 0) is 16.1 Å². The summed E-state index contributed by atoms with van der Waals surface area (Å²) < 4.78 is 15.8. The molecule has 0 fully saturated rings. The lowest BCUT2D eigenvalue weighted by molar-refractivity contribution is -0.122. The second kappa shape index (κ2) is 7.63. The number of ether oxygens (including phenoxy) is 2. The number of nitrogens with one attached hydrogen (secondary N) is 1. The molecule has 2 heterocycles. The van der Waals surface area contributed by atoms with Crippen LogP contribution in [0.25, 0.3) is 11.0 Å². The van der Waals surface area contributed by atoms with Crippen molar-refractivity contribution in [2.45, 2.75) is 26.6 Å². The molecule has 0 aliphatic heterocycles. The molecule has 26 heavy (non-hydrogen) atoms. The fraction of sp³-hybridized carbons (Fsp3) is 0.294. The maximum Gasteiger partial charge on any atom is 0.336 e. The summed E-state index contributed by atoms with van der Waals surface area (Å²) in [6.07, 6.45) is -0.779. The number of rotatable bonds is 6. The van der Waals surface area contributed by atoms with E-state index in [1.807, 2.05) is 6.92 Å². The molecule has 0 bridgehead atoms. The molecular formula is C17H17N3O5S. The van der Waals surface area contributed by atoms with Gasteiger partial charge >= 0.3 is 5.63 Å². The molecule has 9 heteroatoms. The molecule has 0 saturated carbocycles. The number of carbonyl (C=O) groups is 1. The Morgan fingerprint density at radius 2 is 2.15 bits per heavy atom. The van der Waals surface area contributed by atoms with E-state index in [2.05, 4.69) is 15.5 Å². The van der Waals surface area contributed by atoms with Crippen LogP contribution in [0.2, 0.25) is 0 Å². The molecule has 1 N–H and O–H groups in total. The van der Waals surface area contributed by atoms with E-state index < -0.39 is 11.7 Å². The largest absolute Gasteiger partial charge is 0.481 e. The minimum absolute atomic E-state index is 0.335. The van der Waals surface area contributed by atoms with E-state index in [1.54, 1.807) is 32.2 Å². The third-order valence-electron chi connectivity index (χ3n) is 3.57. The average molecular weight is 375 g/mol. The molecule has 3 rings (SSSR count). The van der Waals surface area contributed by atoms with E-state index in [9.17, 15) is 9.59 Å². The number of benzene rings is 1. The van der Waals surface area contributed by atoms with Gasteiger partial charge in [0.25, 0.3) is 5.91 Å². The summed E-state index contributed by atoms with van der Waals surface area (Å²) in [6, 6.07) is 6.53. The van der Waals surface area contributed by atoms with Crippen LogP contribution < -0.4 is 15.7 Å². The summed E-state index contributed by atoms with van der Waals surface area (Å²) >= 11 is 1.23. The summed E-state index contributed by atoms with van der Waals surface area (Å²) in [5, 5.41) is 12.3. The first-order chi connectivity index (χ1) is 12.5. The van der Waals surface area contributed by atoms with Gasteiger partial charge in [0.05, 0.1) is 0 Å². The number of aryl methyl sites for hydroxylation is 1. The number of carbonyl (C=O) groups excluding carboxylic acids is 1. The highest BCUT2D eigenvalue weighted by atomic mass is 32.1. The van der Waals surface area contributed by atoms with Crippen LogP contribution in [0, 0.1) is 6.92 Å². The van der Waals surface area contributed by atoms with Gasteiger partial charge in [-0.25, -0.2) is 4.79 Å².